The number of carbonyl (C=O) groups excluding carboxylic acids is 1. The van der Waals surface area contributed by atoms with Gasteiger partial charge in [-0.05, 0) is 36.5 Å². The molecule has 0 aliphatic carbocycles. The Morgan fingerprint density at radius 1 is 1.36 bits per heavy atom. The van der Waals surface area contributed by atoms with Gasteiger partial charge in [0.25, 0.3) is 0 Å². The van der Waals surface area contributed by atoms with Crippen molar-refractivity contribution in [1.82, 2.24) is 15.8 Å². The lowest BCUT2D eigenvalue weighted by Gasteiger charge is -2.17. The summed E-state index contributed by atoms with van der Waals surface area (Å²) in [5.74, 6) is 0.465. The van der Waals surface area contributed by atoms with Gasteiger partial charge in [-0.15, -0.1) is 0 Å². The van der Waals surface area contributed by atoms with Crippen molar-refractivity contribution in [3.8, 4) is 6.19 Å². The maximum Gasteiger partial charge on any atom is 0.221 e. The standard InChI is InChI=1S/C16H21N5O/c1-11(22)18-14-4-2-12(3-5-14)15-8-16(20-19-15)13-6-7-21(9-13)10-17/h2-5,13,15-16,19-20H,6-9H2,1H3,(H,18,22). The highest BCUT2D eigenvalue weighted by Gasteiger charge is 2.34. The first-order chi connectivity index (χ1) is 10.7. The van der Waals surface area contributed by atoms with Crippen LogP contribution in [-0.2, 0) is 4.79 Å². The summed E-state index contributed by atoms with van der Waals surface area (Å²) in [6.45, 7) is 3.23. The van der Waals surface area contributed by atoms with Crippen molar-refractivity contribution >= 4 is 11.6 Å². The van der Waals surface area contributed by atoms with Gasteiger partial charge in [-0.3, -0.25) is 15.6 Å². The van der Waals surface area contributed by atoms with Gasteiger partial charge in [0.2, 0.25) is 5.91 Å². The number of rotatable bonds is 3. The van der Waals surface area contributed by atoms with E-state index in [4.69, 9.17) is 5.26 Å². The molecule has 3 atom stereocenters. The lowest BCUT2D eigenvalue weighted by atomic mass is 9.93. The summed E-state index contributed by atoms with van der Waals surface area (Å²) in [5, 5.41) is 11.7. The third-order valence-electron chi connectivity index (χ3n) is 4.50. The summed E-state index contributed by atoms with van der Waals surface area (Å²) >= 11 is 0. The second kappa shape index (κ2) is 6.34. The van der Waals surface area contributed by atoms with Crippen LogP contribution in [0.4, 0.5) is 5.69 Å². The summed E-state index contributed by atoms with van der Waals surface area (Å²) in [4.78, 5) is 12.9. The number of hydrazine groups is 1. The fourth-order valence-electron chi connectivity index (χ4n) is 3.32. The summed E-state index contributed by atoms with van der Waals surface area (Å²) in [6, 6.07) is 8.62. The fourth-order valence-corrected chi connectivity index (χ4v) is 3.32. The van der Waals surface area contributed by atoms with Gasteiger partial charge in [-0.1, -0.05) is 12.1 Å². The van der Waals surface area contributed by atoms with Crippen LogP contribution in [0.2, 0.25) is 0 Å². The summed E-state index contributed by atoms with van der Waals surface area (Å²) in [7, 11) is 0. The third kappa shape index (κ3) is 3.21. The quantitative estimate of drug-likeness (QED) is 0.734. The van der Waals surface area contributed by atoms with Gasteiger partial charge in [0.1, 0.15) is 0 Å². The minimum absolute atomic E-state index is 0.0586. The molecular formula is C16H21N5O. The number of carbonyl (C=O) groups is 1. The molecule has 3 N–H and O–H groups in total. The molecule has 1 aromatic rings. The Labute approximate surface area is 130 Å². The molecule has 0 aromatic heterocycles. The average Bonchev–Trinajstić information content (AvgIpc) is 3.16. The number of nitriles is 1. The van der Waals surface area contributed by atoms with E-state index in [1.165, 1.54) is 12.5 Å². The second-order valence-electron chi connectivity index (χ2n) is 6.08. The molecule has 0 radical (unpaired) electrons. The molecule has 2 fully saturated rings. The molecule has 0 spiro atoms. The van der Waals surface area contributed by atoms with E-state index in [2.05, 4.69) is 22.4 Å². The van der Waals surface area contributed by atoms with Gasteiger partial charge in [0.15, 0.2) is 6.19 Å². The molecule has 1 aromatic carbocycles. The molecule has 1 amide bonds. The van der Waals surface area contributed by atoms with E-state index in [0.29, 0.717) is 12.0 Å². The van der Waals surface area contributed by atoms with Gasteiger partial charge in [-0.25, -0.2) is 0 Å². The van der Waals surface area contributed by atoms with Crippen LogP contribution in [0.5, 0.6) is 0 Å². The second-order valence-corrected chi connectivity index (χ2v) is 6.08. The van der Waals surface area contributed by atoms with Crippen LogP contribution in [0, 0.1) is 17.4 Å². The molecule has 0 bridgehead atoms. The number of hydrogen-bond donors (Lipinski definition) is 3. The zero-order valence-corrected chi connectivity index (χ0v) is 12.7. The molecule has 0 saturated carbocycles. The fraction of sp³-hybridized carbons (Fsp3) is 0.500. The van der Waals surface area contributed by atoms with E-state index in [1.54, 1.807) is 0 Å². The Morgan fingerprint density at radius 2 is 2.14 bits per heavy atom. The maximum atomic E-state index is 11.0. The van der Waals surface area contributed by atoms with E-state index in [-0.39, 0.29) is 11.9 Å². The number of anilines is 1. The van der Waals surface area contributed by atoms with Gasteiger partial charge >= 0.3 is 0 Å². The highest BCUT2D eigenvalue weighted by atomic mass is 16.1. The highest BCUT2D eigenvalue weighted by Crippen LogP contribution is 2.30. The van der Waals surface area contributed by atoms with Crippen LogP contribution >= 0.6 is 0 Å². The number of nitrogens with one attached hydrogen (secondary N) is 3. The molecule has 116 valence electrons. The zero-order valence-electron chi connectivity index (χ0n) is 12.7. The van der Waals surface area contributed by atoms with E-state index in [9.17, 15) is 4.79 Å². The lowest BCUT2D eigenvalue weighted by Crippen LogP contribution is -2.36. The summed E-state index contributed by atoms with van der Waals surface area (Å²) in [5.41, 5.74) is 8.76. The largest absolute Gasteiger partial charge is 0.326 e. The predicted octanol–water partition coefficient (Wildman–Crippen LogP) is 1.36. The Kier molecular flexibility index (Phi) is 4.27. The van der Waals surface area contributed by atoms with Gasteiger partial charge in [-0.2, -0.15) is 5.26 Å². The van der Waals surface area contributed by atoms with Crippen molar-refractivity contribution in [2.75, 3.05) is 18.4 Å². The van der Waals surface area contributed by atoms with Crippen LogP contribution in [0.25, 0.3) is 0 Å². The van der Waals surface area contributed by atoms with E-state index >= 15 is 0 Å². The number of nitrogens with zero attached hydrogens (tertiary/aromatic N) is 2. The van der Waals surface area contributed by atoms with Gasteiger partial charge < -0.3 is 10.2 Å². The third-order valence-corrected chi connectivity index (χ3v) is 4.50. The minimum atomic E-state index is -0.0586. The smallest absolute Gasteiger partial charge is 0.221 e. The molecule has 2 saturated heterocycles. The first kappa shape index (κ1) is 14.8. The van der Waals surface area contributed by atoms with Crippen molar-refractivity contribution in [1.29, 1.82) is 5.26 Å². The van der Waals surface area contributed by atoms with Gasteiger partial charge in [0.05, 0.1) is 0 Å². The Hall–Kier alpha value is -2.10. The molecule has 6 heteroatoms. The number of benzene rings is 1. The summed E-state index contributed by atoms with van der Waals surface area (Å²) < 4.78 is 0. The monoisotopic (exact) mass is 299 g/mol. The normalized spacial score (nSPS) is 27.6. The highest BCUT2D eigenvalue weighted by molar-refractivity contribution is 5.88. The van der Waals surface area contributed by atoms with Crippen molar-refractivity contribution in [2.45, 2.75) is 31.8 Å². The lowest BCUT2D eigenvalue weighted by molar-refractivity contribution is -0.114. The van der Waals surface area contributed by atoms with Gasteiger partial charge in [0, 0.05) is 37.8 Å². The Balaban J connectivity index is 1.58. The van der Waals surface area contributed by atoms with E-state index < -0.39 is 0 Å². The molecule has 2 aliphatic rings. The minimum Gasteiger partial charge on any atom is -0.326 e. The molecule has 22 heavy (non-hydrogen) atoms. The maximum absolute atomic E-state index is 11.0. The predicted molar refractivity (Wildman–Crippen MR) is 83.5 cm³/mol. The molecule has 2 aliphatic heterocycles. The van der Waals surface area contributed by atoms with Crippen LogP contribution in [0.3, 0.4) is 0 Å². The zero-order chi connectivity index (χ0) is 15.5. The number of likely N-dealkylation sites (tertiary alicyclic amines) is 1. The van der Waals surface area contributed by atoms with E-state index in [1.807, 2.05) is 29.2 Å². The molecular weight excluding hydrogens is 278 g/mol. The van der Waals surface area contributed by atoms with Crippen molar-refractivity contribution in [3.05, 3.63) is 29.8 Å². The van der Waals surface area contributed by atoms with Crippen molar-refractivity contribution < 1.29 is 4.79 Å². The molecule has 6 nitrogen and oxygen atoms in total. The van der Waals surface area contributed by atoms with Crippen LogP contribution in [-0.4, -0.2) is 29.9 Å². The Bertz CT molecular complexity index is 579. The molecule has 3 rings (SSSR count). The average molecular weight is 299 g/mol. The number of hydrogen-bond acceptors (Lipinski definition) is 5. The molecule has 3 unspecified atom stereocenters. The topological polar surface area (TPSA) is 80.2 Å². The SMILES string of the molecule is CC(=O)Nc1ccc(C2CC(C3CCN(C#N)C3)NN2)cc1. The van der Waals surface area contributed by atoms with Crippen LogP contribution < -0.4 is 16.2 Å². The van der Waals surface area contributed by atoms with Crippen LogP contribution in [0.15, 0.2) is 24.3 Å². The van der Waals surface area contributed by atoms with E-state index in [0.717, 1.165) is 31.6 Å². The number of amides is 1. The molecule has 2 heterocycles. The van der Waals surface area contributed by atoms with Crippen molar-refractivity contribution in [2.24, 2.45) is 5.92 Å². The first-order valence-electron chi connectivity index (χ1n) is 7.69. The summed E-state index contributed by atoms with van der Waals surface area (Å²) in [6.07, 6.45) is 4.32. The van der Waals surface area contributed by atoms with Crippen LogP contribution in [0.1, 0.15) is 31.4 Å². The Morgan fingerprint density at radius 3 is 2.77 bits per heavy atom. The van der Waals surface area contributed by atoms with Crippen molar-refractivity contribution in [3.63, 3.8) is 0 Å². The first-order valence-corrected chi connectivity index (χ1v) is 7.69.